The molecule has 1 rings (SSSR count). The molecule has 0 saturated carbocycles. The van der Waals surface area contributed by atoms with Gasteiger partial charge < -0.3 is 0 Å². The Hall–Kier alpha value is -0.780. The van der Waals surface area contributed by atoms with Crippen LogP contribution in [0.2, 0.25) is 0 Å². The van der Waals surface area contributed by atoms with Crippen LogP contribution in [-0.4, -0.2) is 0 Å². The maximum Gasteiger partial charge on any atom is -0.0279 e. The Balaban J connectivity index is 2.43. The highest BCUT2D eigenvalue weighted by Gasteiger charge is 1.87. The summed E-state index contributed by atoms with van der Waals surface area (Å²) in [5.74, 6) is 0. The van der Waals surface area contributed by atoms with Crippen molar-refractivity contribution in [3.8, 4) is 0 Å². The quantitative estimate of drug-likeness (QED) is 0.593. The topological polar surface area (TPSA) is 0 Å². The van der Waals surface area contributed by atoms with Gasteiger partial charge in [-0.2, -0.15) is 0 Å². The van der Waals surface area contributed by atoms with E-state index < -0.39 is 0 Å². The fraction of sp³-hybridized carbons (Fsp3) is 0.300. The first-order valence-electron chi connectivity index (χ1n) is 3.67. The van der Waals surface area contributed by atoms with E-state index >= 15 is 0 Å². The molecule has 0 unspecified atom stereocenters. The van der Waals surface area contributed by atoms with Gasteiger partial charge in [0.1, 0.15) is 0 Å². The molecular formula is C10H12. The molecule has 0 heteroatoms. The van der Waals surface area contributed by atoms with Crippen molar-refractivity contribution in [1.29, 1.82) is 0 Å². The maximum atomic E-state index is 5.38. The van der Waals surface area contributed by atoms with Crippen molar-refractivity contribution in [2.75, 3.05) is 0 Å². The van der Waals surface area contributed by atoms with Crippen molar-refractivity contribution in [1.82, 2.24) is 0 Å². The Morgan fingerprint density at radius 3 is 2.40 bits per heavy atom. The highest BCUT2D eigenvalue weighted by molar-refractivity contribution is 5.14. The molecule has 10 heavy (non-hydrogen) atoms. The predicted molar refractivity (Wildman–Crippen MR) is 43.7 cm³/mol. The summed E-state index contributed by atoms with van der Waals surface area (Å²) >= 11 is 0. The molecule has 0 aliphatic carbocycles. The molecule has 1 aromatic rings. The van der Waals surface area contributed by atoms with Crippen LogP contribution in [0, 0.1) is 6.92 Å². The molecule has 0 saturated heterocycles. The van der Waals surface area contributed by atoms with E-state index in [0.717, 1.165) is 19.3 Å². The first-order valence-corrected chi connectivity index (χ1v) is 3.67. The van der Waals surface area contributed by atoms with Gasteiger partial charge in [-0.15, -0.1) is 0 Å². The number of benzene rings is 1. The third-order valence-corrected chi connectivity index (χ3v) is 1.51. The van der Waals surface area contributed by atoms with Crippen LogP contribution in [-0.2, 0) is 6.42 Å². The molecule has 0 fully saturated rings. The number of unbranched alkanes of at least 4 members (excludes halogenated alkanes) is 1. The van der Waals surface area contributed by atoms with E-state index in [0.29, 0.717) is 0 Å². The molecule has 0 aliphatic heterocycles. The second-order valence-electron chi connectivity index (χ2n) is 2.38. The van der Waals surface area contributed by atoms with Crippen molar-refractivity contribution in [2.24, 2.45) is 0 Å². The van der Waals surface area contributed by atoms with E-state index in [1.165, 1.54) is 5.56 Å². The van der Waals surface area contributed by atoms with Gasteiger partial charge in [-0.25, -0.2) is 0 Å². The molecule has 0 N–H and O–H groups in total. The Morgan fingerprint density at radius 2 is 1.80 bits per heavy atom. The molecule has 52 valence electrons. The van der Waals surface area contributed by atoms with Crippen molar-refractivity contribution < 1.29 is 0 Å². The minimum absolute atomic E-state index is 0.787. The molecule has 0 spiro atoms. The Bertz CT molecular complexity index is 165. The van der Waals surface area contributed by atoms with Gasteiger partial charge >= 0.3 is 0 Å². The van der Waals surface area contributed by atoms with Crippen LogP contribution in [0.4, 0.5) is 0 Å². The van der Waals surface area contributed by atoms with E-state index in [4.69, 9.17) is 6.92 Å². The Labute approximate surface area is 62.9 Å². The summed E-state index contributed by atoms with van der Waals surface area (Å²) in [5.41, 5.74) is 1.38. The Kier molecular flexibility index (Phi) is 3.01. The lowest BCUT2D eigenvalue weighted by atomic mass is 10.1. The van der Waals surface area contributed by atoms with Crippen LogP contribution in [0.5, 0.6) is 0 Å². The third kappa shape index (κ3) is 2.22. The molecule has 0 aromatic heterocycles. The van der Waals surface area contributed by atoms with Crippen LogP contribution < -0.4 is 0 Å². The lowest BCUT2D eigenvalue weighted by molar-refractivity contribution is 0.841. The summed E-state index contributed by atoms with van der Waals surface area (Å²) < 4.78 is 0. The van der Waals surface area contributed by atoms with Gasteiger partial charge in [0.25, 0.3) is 0 Å². The molecule has 0 bridgehead atoms. The van der Waals surface area contributed by atoms with Crippen LogP contribution in [0.25, 0.3) is 0 Å². The monoisotopic (exact) mass is 132 g/mol. The summed E-state index contributed by atoms with van der Waals surface area (Å²) in [5, 5.41) is 0. The van der Waals surface area contributed by atoms with Gasteiger partial charge in [0, 0.05) is 0 Å². The second-order valence-corrected chi connectivity index (χ2v) is 2.38. The first-order chi connectivity index (χ1) is 4.93. The lowest BCUT2D eigenvalue weighted by Crippen LogP contribution is -1.81. The molecule has 1 aromatic carbocycles. The smallest absolute Gasteiger partial charge is 0.0279 e. The summed E-state index contributed by atoms with van der Waals surface area (Å²) in [6.07, 6.45) is 2.98. The molecule has 0 aliphatic rings. The minimum atomic E-state index is 0.787. The van der Waals surface area contributed by atoms with Crippen molar-refractivity contribution in [2.45, 2.75) is 19.3 Å². The van der Waals surface area contributed by atoms with E-state index in [9.17, 15) is 0 Å². The predicted octanol–water partition coefficient (Wildman–Crippen LogP) is 2.72. The summed E-state index contributed by atoms with van der Waals surface area (Å²) in [6.45, 7) is 5.38. The standard InChI is InChI=1S/C10H12/c1-2-3-7-10-8-5-4-6-9-10/h1,4-6,8-9H,2-3,7H2. The van der Waals surface area contributed by atoms with Crippen molar-refractivity contribution in [3.05, 3.63) is 42.8 Å². The van der Waals surface area contributed by atoms with Crippen molar-refractivity contribution >= 4 is 0 Å². The maximum absolute atomic E-state index is 5.38. The van der Waals surface area contributed by atoms with Gasteiger partial charge in [-0.1, -0.05) is 30.3 Å². The van der Waals surface area contributed by atoms with Gasteiger partial charge in [-0.05, 0) is 31.7 Å². The van der Waals surface area contributed by atoms with Gasteiger partial charge in [0.15, 0.2) is 0 Å². The molecule has 0 nitrogen and oxygen atoms in total. The molecule has 2 radical (unpaired) electrons. The molecule has 0 amide bonds. The molecule has 0 heterocycles. The van der Waals surface area contributed by atoms with Gasteiger partial charge in [0.2, 0.25) is 0 Å². The zero-order chi connectivity index (χ0) is 7.23. The molecule has 0 atom stereocenters. The highest BCUT2D eigenvalue weighted by Crippen LogP contribution is 2.02. The van der Waals surface area contributed by atoms with Crippen molar-refractivity contribution in [3.63, 3.8) is 0 Å². The average Bonchev–Trinajstić information content (AvgIpc) is 2.03. The largest absolute Gasteiger partial charge is 0.0622 e. The number of rotatable bonds is 3. The first kappa shape index (κ1) is 7.33. The summed E-state index contributed by atoms with van der Waals surface area (Å²) in [7, 11) is 0. The SMILES string of the molecule is [CH]CCCc1ccccc1. The minimum Gasteiger partial charge on any atom is -0.0622 e. The number of hydrogen-bond acceptors (Lipinski definition) is 0. The average molecular weight is 132 g/mol. The van der Waals surface area contributed by atoms with Crippen LogP contribution >= 0.6 is 0 Å². The van der Waals surface area contributed by atoms with Gasteiger partial charge in [0.05, 0.1) is 0 Å². The highest BCUT2D eigenvalue weighted by atomic mass is 13.9. The van der Waals surface area contributed by atoms with Crippen LogP contribution in [0.1, 0.15) is 18.4 Å². The summed E-state index contributed by atoms with van der Waals surface area (Å²) in [4.78, 5) is 0. The van der Waals surface area contributed by atoms with Crippen LogP contribution in [0.15, 0.2) is 30.3 Å². The Morgan fingerprint density at radius 1 is 1.10 bits per heavy atom. The zero-order valence-corrected chi connectivity index (χ0v) is 6.09. The van der Waals surface area contributed by atoms with E-state index in [-0.39, 0.29) is 0 Å². The lowest BCUT2D eigenvalue weighted by Gasteiger charge is -1.96. The number of hydrogen-bond donors (Lipinski definition) is 0. The normalized spacial score (nSPS) is 9.70. The number of aryl methyl sites for hydroxylation is 1. The van der Waals surface area contributed by atoms with E-state index in [1.54, 1.807) is 0 Å². The third-order valence-electron chi connectivity index (χ3n) is 1.51. The van der Waals surface area contributed by atoms with Gasteiger partial charge in [-0.3, -0.25) is 0 Å². The molecular weight excluding hydrogens is 120 g/mol. The van der Waals surface area contributed by atoms with E-state index in [1.807, 2.05) is 6.07 Å². The van der Waals surface area contributed by atoms with E-state index in [2.05, 4.69) is 24.3 Å². The van der Waals surface area contributed by atoms with Crippen LogP contribution in [0.3, 0.4) is 0 Å². The second kappa shape index (κ2) is 4.10. The fourth-order valence-electron chi connectivity index (χ4n) is 0.951. The fourth-order valence-corrected chi connectivity index (χ4v) is 0.951. The zero-order valence-electron chi connectivity index (χ0n) is 6.09. The summed E-state index contributed by atoms with van der Waals surface area (Å²) in [6, 6.07) is 10.4.